The summed E-state index contributed by atoms with van der Waals surface area (Å²) < 4.78 is 11.2. The lowest BCUT2D eigenvalue weighted by Gasteiger charge is -2.22. The second-order valence-electron chi connectivity index (χ2n) is 3.84. The minimum absolute atomic E-state index is 0.339. The first-order valence-electron chi connectivity index (χ1n) is 5.36. The smallest absolute Gasteiger partial charge is 0.175 e. The third-order valence-corrected chi connectivity index (χ3v) is 3.32. The van der Waals surface area contributed by atoms with Crippen LogP contribution in [0.2, 0.25) is 0 Å². The number of aliphatic hydroxyl groups excluding tert-OH is 1. The molecule has 1 aliphatic heterocycles. The van der Waals surface area contributed by atoms with Crippen molar-refractivity contribution in [3.8, 4) is 11.5 Å². The number of aliphatic hydroxyl groups is 1. The highest BCUT2D eigenvalue weighted by molar-refractivity contribution is 7.98. The molecule has 1 atom stereocenters. The molecule has 1 heterocycles. The first-order chi connectivity index (χ1) is 7.72. The molecule has 1 N–H and O–H groups in total. The molecule has 1 aromatic carbocycles. The number of rotatable bonds is 3. The number of ether oxygens (including phenoxy) is 2. The van der Waals surface area contributed by atoms with Crippen molar-refractivity contribution in [2.45, 2.75) is 24.3 Å². The predicted octanol–water partition coefficient (Wildman–Crippen LogP) is 2.10. The van der Waals surface area contributed by atoms with E-state index in [9.17, 15) is 5.11 Å². The summed E-state index contributed by atoms with van der Waals surface area (Å²) in [5, 5.41) is 9.45. The molecule has 88 valence electrons. The van der Waals surface area contributed by atoms with Gasteiger partial charge in [-0.25, -0.2) is 0 Å². The van der Waals surface area contributed by atoms with E-state index in [1.807, 2.05) is 18.4 Å². The van der Waals surface area contributed by atoms with Crippen molar-refractivity contribution in [1.29, 1.82) is 0 Å². The maximum atomic E-state index is 9.45. The van der Waals surface area contributed by atoms with Crippen molar-refractivity contribution in [3.63, 3.8) is 0 Å². The van der Waals surface area contributed by atoms with E-state index in [4.69, 9.17) is 9.47 Å². The number of benzene rings is 1. The Labute approximate surface area is 99.8 Å². The molecule has 1 unspecified atom stereocenters. The van der Waals surface area contributed by atoms with E-state index in [0.29, 0.717) is 19.6 Å². The van der Waals surface area contributed by atoms with Crippen molar-refractivity contribution < 1.29 is 14.6 Å². The normalized spacial score (nSPS) is 15.9. The highest BCUT2D eigenvalue weighted by atomic mass is 32.2. The summed E-state index contributed by atoms with van der Waals surface area (Å²) in [5.74, 6) is 1.64. The van der Waals surface area contributed by atoms with E-state index in [0.717, 1.165) is 22.0 Å². The van der Waals surface area contributed by atoms with Crippen molar-refractivity contribution in [1.82, 2.24) is 0 Å². The Morgan fingerprint density at radius 2 is 2.12 bits per heavy atom. The van der Waals surface area contributed by atoms with Gasteiger partial charge in [-0.3, -0.25) is 0 Å². The van der Waals surface area contributed by atoms with Crippen LogP contribution < -0.4 is 9.47 Å². The molecule has 0 radical (unpaired) electrons. The van der Waals surface area contributed by atoms with Gasteiger partial charge in [-0.05, 0) is 31.2 Å². The van der Waals surface area contributed by atoms with E-state index < -0.39 is 0 Å². The van der Waals surface area contributed by atoms with Gasteiger partial charge in [0.25, 0.3) is 0 Å². The first-order valence-corrected chi connectivity index (χ1v) is 6.58. The van der Waals surface area contributed by atoms with E-state index >= 15 is 0 Å². The maximum absolute atomic E-state index is 9.45. The molecule has 0 bridgehead atoms. The van der Waals surface area contributed by atoms with E-state index in [-0.39, 0.29) is 6.10 Å². The fourth-order valence-corrected chi connectivity index (χ4v) is 2.59. The average molecular weight is 240 g/mol. The lowest BCUT2D eigenvalue weighted by Crippen LogP contribution is -2.17. The topological polar surface area (TPSA) is 38.7 Å². The zero-order valence-corrected chi connectivity index (χ0v) is 10.3. The van der Waals surface area contributed by atoms with Crippen LogP contribution in [0.25, 0.3) is 0 Å². The van der Waals surface area contributed by atoms with Gasteiger partial charge in [0.1, 0.15) is 13.2 Å². The van der Waals surface area contributed by atoms with Crippen LogP contribution in [0.4, 0.5) is 0 Å². The Balaban J connectivity index is 2.39. The second-order valence-corrected chi connectivity index (χ2v) is 4.65. The Morgan fingerprint density at radius 3 is 2.81 bits per heavy atom. The van der Waals surface area contributed by atoms with Crippen LogP contribution in [0.15, 0.2) is 17.0 Å². The van der Waals surface area contributed by atoms with Crippen LogP contribution in [0.1, 0.15) is 12.5 Å². The summed E-state index contributed by atoms with van der Waals surface area (Å²) in [6.45, 7) is 3.00. The molecule has 1 aliphatic rings. The molecule has 16 heavy (non-hydrogen) atoms. The Morgan fingerprint density at radius 1 is 1.38 bits per heavy atom. The van der Waals surface area contributed by atoms with Gasteiger partial charge in [-0.15, -0.1) is 11.8 Å². The van der Waals surface area contributed by atoms with Crippen LogP contribution in [0, 0.1) is 0 Å². The molecule has 0 aromatic heterocycles. The number of fused-ring (bicyclic) bond motifs is 1. The van der Waals surface area contributed by atoms with Gasteiger partial charge in [-0.2, -0.15) is 0 Å². The summed E-state index contributed by atoms with van der Waals surface area (Å²) in [4.78, 5) is 1.08. The van der Waals surface area contributed by atoms with Crippen molar-refractivity contribution in [3.05, 3.63) is 17.7 Å². The van der Waals surface area contributed by atoms with Crippen molar-refractivity contribution in [2.24, 2.45) is 0 Å². The molecular weight excluding hydrogens is 224 g/mol. The number of hydrogen-bond acceptors (Lipinski definition) is 4. The zero-order valence-electron chi connectivity index (χ0n) is 9.53. The molecule has 3 nitrogen and oxygen atoms in total. The zero-order chi connectivity index (χ0) is 11.5. The third kappa shape index (κ3) is 2.28. The molecule has 4 heteroatoms. The quantitative estimate of drug-likeness (QED) is 0.821. The van der Waals surface area contributed by atoms with Gasteiger partial charge in [0.05, 0.1) is 11.0 Å². The van der Waals surface area contributed by atoms with Gasteiger partial charge in [-0.1, -0.05) is 6.07 Å². The average Bonchev–Trinajstić information content (AvgIpc) is 2.28. The van der Waals surface area contributed by atoms with E-state index in [2.05, 4.69) is 0 Å². The summed E-state index contributed by atoms with van der Waals surface area (Å²) in [6, 6.07) is 3.93. The summed E-state index contributed by atoms with van der Waals surface area (Å²) in [7, 11) is 0. The molecule has 0 saturated carbocycles. The van der Waals surface area contributed by atoms with Gasteiger partial charge in [0.15, 0.2) is 11.5 Å². The van der Waals surface area contributed by atoms with Gasteiger partial charge in [0.2, 0.25) is 0 Å². The van der Waals surface area contributed by atoms with Crippen LogP contribution in [-0.4, -0.2) is 30.7 Å². The largest absolute Gasteiger partial charge is 0.486 e. The van der Waals surface area contributed by atoms with E-state index in [1.165, 1.54) is 0 Å². The highest BCUT2D eigenvalue weighted by Crippen LogP contribution is 2.41. The molecule has 0 amide bonds. The summed E-state index contributed by atoms with van der Waals surface area (Å²) >= 11 is 1.64. The Bertz CT molecular complexity index is 377. The molecule has 0 saturated heterocycles. The molecular formula is C12H16O3S. The molecule has 0 aliphatic carbocycles. The number of hydrogen-bond donors (Lipinski definition) is 1. The van der Waals surface area contributed by atoms with Crippen LogP contribution in [0.3, 0.4) is 0 Å². The van der Waals surface area contributed by atoms with Crippen molar-refractivity contribution >= 4 is 11.8 Å². The monoisotopic (exact) mass is 240 g/mol. The first kappa shape index (κ1) is 11.6. The lowest BCUT2D eigenvalue weighted by molar-refractivity contribution is 0.165. The number of thioether (sulfide) groups is 1. The van der Waals surface area contributed by atoms with Crippen LogP contribution >= 0.6 is 11.8 Å². The fourth-order valence-electron chi connectivity index (χ4n) is 1.83. The Kier molecular flexibility index (Phi) is 3.61. The van der Waals surface area contributed by atoms with E-state index in [1.54, 1.807) is 18.7 Å². The Hall–Kier alpha value is -0.870. The highest BCUT2D eigenvalue weighted by Gasteiger charge is 2.19. The second kappa shape index (κ2) is 4.97. The summed E-state index contributed by atoms with van der Waals surface area (Å²) in [5.41, 5.74) is 1.12. The van der Waals surface area contributed by atoms with Crippen LogP contribution in [-0.2, 0) is 6.42 Å². The van der Waals surface area contributed by atoms with Gasteiger partial charge in [0, 0.05) is 0 Å². The standard InChI is InChI=1S/C12H16O3S/c1-8(13)7-9-3-4-10-11(12(9)16-2)15-6-5-14-10/h3-4,8,13H,5-7H2,1-2H3. The van der Waals surface area contributed by atoms with Gasteiger partial charge >= 0.3 is 0 Å². The molecule has 2 rings (SSSR count). The third-order valence-electron chi connectivity index (χ3n) is 2.46. The molecule has 1 aromatic rings. The minimum Gasteiger partial charge on any atom is -0.486 e. The molecule has 0 spiro atoms. The lowest BCUT2D eigenvalue weighted by atomic mass is 10.1. The molecule has 0 fully saturated rings. The van der Waals surface area contributed by atoms with Crippen LogP contribution in [0.5, 0.6) is 11.5 Å². The fraction of sp³-hybridized carbons (Fsp3) is 0.500. The van der Waals surface area contributed by atoms with Crippen molar-refractivity contribution in [2.75, 3.05) is 19.5 Å². The predicted molar refractivity (Wildman–Crippen MR) is 64.6 cm³/mol. The SMILES string of the molecule is CSc1c(CC(C)O)ccc2c1OCCO2. The maximum Gasteiger partial charge on any atom is 0.175 e. The summed E-state index contributed by atoms with van der Waals surface area (Å²) in [6.07, 6.45) is 2.32. The minimum atomic E-state index is -0.339. The van der Waals surface area contributed by atoms with Gasteiger partial charge < -0.3 is 14.6 Å².